The Morgan fingerprint density at radius 1 is 1.11 bits per heavy atom. The van der Waals surface area contributed by atoms with Gasteiger partial charge in [0.1, 0.15) is 6.04 Å². The topological polar surface area (TPSA) is 74.6 Å². The molecule has 2 aromatic rings. The summed E-state index contributed by atoms with van der Waals surface area (Å²) in [5.41, 5.74) is 1.86. The molecular formula is C21H29N3O3. The molecule has 0 aliphatic rings. The maximum Gasteiger partial charge on any atom is 0.287 e. The number of carbonyl (C=O) groups excluding carboxylic acids is 2. The van der Waals surface area contributed by atoms with Gasteiger partial charge < -0.3 is 15.1 Å². The van der Waals surface area contributed by atoms with Crippen LogP contribution in [0.4, 0.5) is 5.69 Å². The summed E-state index contributed by atoms with van der Waals surface area (Å²) < 4.78 is 5.10. The zero-order chi connectivity index (χ0) is 19.8. The lowest BCUT2D eigenvalue weighted by molar-refractivity contribution is -0.118. The van der Waals surface area contributed by atoms with Crippen LogP contribution in [0.1, 0.15) is 43.8 Å². The van der Waals surface area contributed by atoms with E-state index in [0.29, 0.717) is 0 Å². The second kappa shape index (κ2) is 9.92. The van der Waals surface area contributed by atoms with E-state index in [1.54, 1.807) is 12.1 Å². The van der Waals surface area contributed by atoms with Crippen LogP contribution in [-0.4, -0.2) is 35.8 Å². The van der Waals surface area contributed by atoms with Gasteiger partial charge in [0.25, 0.3) is 5.91 Å². The van der Waals surface area contributed by atoms with Crippen LogP contribution in [0.25, 0.3) is 0 Å². The van der Waals surface area contributed by atoms with Crippen molar-refractivity contribution in [3.63, 3.8) is 0 Å². The highest BCUT2D eigenvalue weighted by Crippen LogP contribution is 2.15. The molecule has 6 heteroatoms. The van der Waals surface area contributed by atoms with Crippen LogP contribution in [0, 0.1) is 5.92 Å². The number of nitrogens with zero attached hydrogens (tertiary/aromatic N) is 1. The summed E-state index contributed by atoms with van der Waals surface area (Å²) in [6, 6.07) is 10.4. The molecule has 0 aliphatic heterocycles. The lowest BCUT2D eigenvalue weighted by Gasteiger charge is -2.22. The smallest absolute Gasteiger partial charge is 0.287 e. The molecule has 0 aliphatic carbocycles. The number of carbonyl (C=O) groups is 2. The minimum Gasteiger partial charge on any atom is -0.459 e. The molecule has 0 bridgehead atoms. The molecule has 1 aromatic carbocycles. The van der Waals surface area contributed by atoms with Crippen molar-refractivity contribution in [3.05, 3.63) is 54.0 Å². The van der Waals surface area contributed by atoms with Gasteiger partial charge in [0.15, 0.2) is 5.76 Å². The number of nitrogens with one attached hydrogen (secondary N) is 2. The first-order chi connectivity index (χ1) is 12.9. The molecule has 6 nitrogen and oxygen atoms in total. The number of amides is 2. The van der Waals surface area contributed by atoms with Crippen molar-refractivity contribution in [1.82, 2.24) is 10.2 Å². The van der Waals surface area contributed by atoms with Crippen molar-refractivity contribution in [3.8, 4) is 0 Å². The lowest BCUT2D eigenvalue weighted by Crippen LogP contribution is -2.47. The fourth-order valence-corrected chi connectivity index (χ4v) is 2.83. The Labute approximate surface area is 160 Å². The van der Waals surface area contributed by atoms with Crippen molar-refractivity contribution in [2.45, 2.75) is 40.3 Å². The molecule has 27 heavy (non-hydrogen) atoms. The zero-order valence-electron chi connectivity index (χ0n) is 16.5. The highest BCUT2D eigenvalue weighted by Gasteiger charge is 2.25. The predicted molar refractivity (Wildman–Crippen MR) is 106 cm³/mol. The Balaban J connectivity index is 2.05. The van der Waals surface area contributed by atoms with E-state index in [2.05, 4.69) is 29.4 Å². The number of benzene rings is 1. The lowest BCUT2D eigenvalue weighted by atomic mass is 10.0. The summed E-state index contributed by atoms with van der Waals surface area (Å²) in [5.74, 6) is -0.522. The summed E-state index contributed by atoms with van der Waals surface area (Å²) in [6.45, 7) is 10.8. The molecule has 2 amide bonds. The van der Waals surface area contributed by atoms with E-state index in [9.17, 15) is 9.59 Å². The van der Waals surface area contributed by atoms with E-state index in [1.807, 2.05) is 38.1 Å². The van der Waals surface area contributed by atoms with E-state index in [-0.39, 0.29) is 17.6 Å². The first kappa shape index (κ1) is 20.7. The Kier molecular flexibility index (Phi) is 7.61. The van der Waals surface area contributed by atoms with E-state index in [4.69, 9.17) is 4.42 Å². The second-order valence-corrected chi connectivity index (χ2v) is 6.82. The van der Waals surface area contributed by atoms with E-state index < -0.39 is 11.9 Å². The summed E-state index contributed by atoms with van der Waals surface area (Å²) in [7, 11) is 0. The van der Waals surface area contributed by atoms with Gasteiger partial charge >= 0.3 is 0 Å². The molecule has 1 atom stereocenters. The highest BCUT2D eigenvalue weighted by molar-refractivity contribution is 6.00. The van der Waals surface area contributed by atoms with Gasteiger partial charge in [-0.15, -0.1) is 0 Å². The van der Waals surface area contributed by atoms with Crippen LogP contribution < -0.4 is 10.6 Å². The van der Waals surface area contributed by atoms with Crippen molar-refractivity contribution in [2.75, 3.05) is 18.4 Å². The number of furan rings is 1. The normalized spacial score (nSPS) is 12.2. The molecule has 1 unspecified atom stereocenters. The summed E-state index contributed by atoms with van der Waals surface area (Å²) in [5, 5.41) is 5.67. The molecule has 2 rings (SSSR count). The number of anilines is 1. The monoisotopic (exact) mass is 371 g/mol. The van der Waals surface area contributed by atoms with Crippen LogP contribution in [0.3, 0.4) is 0 Å². The van der Waals surface area contributed by atoms with Crippen LogP contribution in [0.2, 0.25) is 0 Å². The van der Waals surface area contributed by atoms with E-state index in [1.165, 1.54) is 6.26 Å². The standard InChI is InChI=1S/C21H29N3O3/c1-5-24(6-2)14-16-9-7-10-17(13-16)22-21(26)19(15(3)4)23-20(25)18-11-8-12-27-18/h7-13,15,19H,5-6,14H2,1-4H3,(H,22,26)(H,23,25). The quantitative estimate of drug-likeness (QED) is 0.707. The third kappa shape index (κ3) is 5.96. The molecule has 0 spiro atoms. The molecule has 0 saturated carbocycles. The second-order valence-electron chi connectivity index (χ2n) is 6.82. The van der Waals surface area contributed by atoms with Gasteiger partial charge in [0, 0.05) is 12.2 Å². The molecule has 0 radical (unpaired) electrons. The molecule has 1 aromatic heterocycles. The third-order valence-corrected chi connectivity index (χ3v) is 4.48. The molecule has 0 saturated heterocycles. The molecule has 0 fully saturated rings. The van der Waals surface area contributed by atoms with Crippen molar-refractivity contribution in [2.24, 2.45) is 5.92 Å². The highest BCUT2D eigenvalue weighted by atomic mass is 16.3. The Morgan fingerprint density at radius 3 is 2.44 bits per heavy atom. The van der Waals surface area contributed by atoms with Gasteiger partial charge in [-0.2, -0.15) is 0 Å². The Hall–Kier alpha value is -2.60. The van der Waals surface area contributed by atoms with Gasteiger partial charge in [0.2, 0.25) is 5.91 Å². The first-order valence-corrected chi connectivity index (χ1v) is 9.41. The Bertz CT molecular complexity index is 737. The fourth-order valence-electron chi connectivity index (χ4n) is 2.83. The predicted octanol–water partition coefficient (Wildman–Crippen LogP) is 3.51. The van der Waals surface area contributed by atoms with Gasteiger partial charge in [-0.25, -0.2) is 0 Å². The van der Waals surface area contributed by atoms with Gasteiger partial charge in [-0.05, 0) is 48.8 Å². The maximum atomic E-state index is 12.7. The number of hydrogen-bond acceptors (Lipinski definition) is 4. The van der Waals surface area contributed by atoms with E-state index >= 15 is 0 Å². The molecular weight excluding hydrogens is 342 g/mol. The fraction of sp³-hybridized carbons (Fsp3) is 0.429. The minimum absolute atomic E-state index is 0.0669. The molecule has 1 heterocycles. The summed E-state index contributed by atoms with van der Waals surface area (Å²) in [4.78, 5) is 27.3. The SMILES string of the molecule is CCN(CC)Cc1cccc(NC(=O)C(NC(=O)c2ccco2)C(C)C)c1. The van der Waals surface area contributed by atoms with Crippen LogP contribution >= 0.6 is 0 Å². The first-order valence-electron chi connectivity index (χ1n) is 9.41. The average molecular weight is 371 g/mol. The molecule has 2 N–H and O–H groups in total. The number of hydrogen-bond donors (Lipinski definition) is 2. The third-order valence-electron chi connectivity index (χ3n) is 4.48. The van der Waals surface area contributed by atoms with Gasteiger partial charge in [-0.1, -0.05) is 39.8 Å². The van der Waals surface area contributed by atoms with Crippen LogP contribution in [0.15, 0.2) is 47.1 Å². The zero-order valence-corrected chi connectivity index (χ0v) is 16.5. The maximum absolute atomic E-state index is 12.7. The van der Waals surface area contributed by atoms with Crippen molar-refractivity contribution >= 4 is 17.5 Å². The average Bonchev–Trinajstić information content (AvgIpc) is 3.18. The van der Waals surface area contributed by atoms with Crippen molar-refractivity contribution < 1.29 is 14.0 Å². The van der Waals surface area contributed by atoms with Gasteiger partial charge in [0.05, 0.1) is 6.26 Å². The minimum atomic E-state index is -0.658. The number of rotatable bonds is 9. The summed E-state index contributed by atoms with van der Waals surface area (Å²) in [6.07, 6.45) is 1.43. The van der Waals surface area contributed by atoms with E-state index in [0.717, 1.165) is 30.9 Å². The van der Waals surface area contributed by atoms with Crippen LogP contribution in [0.5, 0.6) is 0 Å². The largest absolute Gasteiger partial charge is 0.459 e. The summed E-state index contributed by atoms with van der Waals surface area (Å²) >= 11 is 0. The molecule has 146 valence electrons. The van der Waals surface area contributed by atoms with Crippen molar-refractivity contribution in [1.29, 1.82) is 0 Å². The van der Waals surface area contributed by atoms with Crippen LogP contribution in [-0.2, 0) is 11.3 Å². The Morgan fingerprint density at radius 2 is 1.85 bits per heavy atom. The van der Waals surface area contributed by atoms with Gasteiger partial charge in [-0.3, -0.25) is 14.5 Å².